The summed E-state index contributed by atoms with van der Waals surface area (Å²) in [7, 11) is 0. The average molecular weight is 455 g/mol. The van der Waals surface area contributed by atoms with Crippen molar-refractivity contribution in [2.45, 2.75) is 88.4 Å². The molecular weight excluding hydrogens is 420 g/mol. The zero-order valence-electron chi connectivity index (χ0n) is 18.8. The van der Waals surface area contributed by atoms with Crippen molar-refractivity contribution in [3.05, 3.63) is 69.7 Å². The predicted octanol–water partition coefficient (Wildman–Crippen LogP) is 6.33. The molecule has 0 radical (unpaired) electrons. The summed E-state index contributed by atoms with van der Waals surface area (Å²) in [6.45, 7) is -0.0671. The molecule has 4 heteroatoms. The second kappa shape index (κ2) is 9.46. The molecule has 3 fully saturated rings. The number of hydrogen-bond acceptors (Lipinski definition) is 3. The first-order chi connectivity index (χ1) is 15.5. The van der Waals surface area contributed by atoms with Gasteiger partial charge in [-0.05, 0) is 84.6 Å². The van der Waals surface area contributed by atoms with Crippen LogP contribution in [0.15, 0.2) is 42.5 Å². The lowest BCUT2D eigenvalue weighted by Crippen LogP contribution is -2.33. The lowest BCUT2D eigenvalue weighted by molar-refractivity contribution is -0.113. The Balaban J connectivity index is 1.25. The Labute approximate surface area is 196 Å². The van der Waals surface area contributed by atoms with Gasteiger partial charge in [-0.25, -0.2) is 0 Å². The van der Waals surface area contributed by atoms with E-state index in [1.165, 1.54) is 56.1 Å². The molecule has 2 aliphatic carbocycles. The SMILES string of the molecule is OCC1CC(O)CC(c2ccc(Cl)c(Cc3ccc(C4CCC5(CCC5)CC4)cc3)c2)O1. The summed E-state index contributed by atoms with van der Waals surface area (Å²) in [6, 6.07) is 15.2. The topological polar surface area (TPSA) is 49.7 Å². The third-order valence-corrected chi connectivity index (χ3v) is 8.70. The van der Waals surface area contributed by atoms with Gasteiger partial charge in [0.05, 0.1) is 24.9 Å². The van der Waals surface area contributed by atoms with Crippen LogP contribution in [-0.4, -0.2) is 29.0 Å². The summed E-state index contributed by atoms with van der Waals surface area (Å²) in [5.74, 6) is 0.719. The van der Waals surface area contributed by atoms with Gasteiger partial charge in [-0.2, -0.15) is 0 Å². The maximum atomic E-state index is 10.2. The smallest absolute Gasteiger partial charge is 0.0854 e. The lowest BCUT2D eigenvalue weighted by Gasteiger charge is -2.47. The first-order valence-electron chi connectivity index (χ1n) is 12.4. The van der Waals surface area contributed by atoms with Gasteiger partial charge in [0.2, 0.25) is 0 Å². The van der Waals surface area contributed by atoms with Crippen LogP contribution in [-0.2, 0) is 11.2 Å². The third-order valence-electron chi connectivity index (χ3n) is 8.33. The lowest BCUT2D eigenvalue weighted by atomic mass is 9.58. The van der Waals surface area contributed by atoms with Gasteiger partial charge in [0, 0.05) is 17.9 Å². The van der Waals surface area contributed by atoms with Crippen molar-refractivity contribution in [2.75, 3.05) is 6.61 Å². The minimum Gasteiger partial charge on any atom is -0.394 e. The molecule has 2 N–H and O–H groups in total. The molecule has 1 heterocycles. The number of hydrogen-bond donors (Lipinski definition) is 2. The highest BCUT2D eigenvalue weighted by atomic mass is 35.5. The molecule has 1 saturated heterocycles. The van der Waals surface area contributed by atoms with E-state index in [1.807, 2.05) is 12.1 Å². The maximum absolute atomic E-state index is 10.2. The zero-order chi connectivity index (χ0) is 22.1. The van der Waals surface area contributed by atoms with Crippen LogP contribution >= 0.6 is 11.6 Å². The van der Waals surface area contributed by atoms with Gasteiger partial charge in [0.15, 0.2) is 0 Å². The van der Waals surface area contributed by atoms with Crippen LogP contribution < -0.4 is 0 Å². The Morgan fingerprint density at radius 1 is 0.938 bits per heavy atom. The van der Waals surface area contributed by atoms with E-state index in [1.54, 1.807) is 0 Å². The molecule has 0 amide bonds. The second-order valence-corrected chi connectivity index (χ2v) is 10.9. The molecule has 2 saturated carbocycles. The van der Waals surface area contributed by atoms with Crippen LogP contribution in [0.3, 0.4) is 0 Å². The Bertz CT molecular complexity index is 911. The van der Waals surface area contributed by atoms with Gasteiger partial charge >= 0.3 is 0 Å². The van der Waals surface area contributed by atoms with E-state index < -0.39 is 6.10 Å². The Morgan fingerprint density at radius 3 is 2.31 bits per heavy atom. The number of aliphatic hydroxyl groups excluding tert-OH is 2. The molecule has 0 bridgehead atoms. The summed E-state index contributed by atoms with van der Waals surface area (Å²) in [4.78, 5) is 0. The summed E-state index contributed by atoms with van der Waals surface area (Å²) in [5.41, 5.74) is 5.56. The Hall–Kier alpha value is -1.39. The van der Waals surface area contributed by atoms with Crippen molar-refractivity contribution < 1.29 is 14.9 Å². The summed E-state index contributed by atoms with van der Waals surface area (Å²) < 4.78 is 5.99. The molecule has 2 aromatic carbocycles. The molecule has 3 unspecified atom stereocenters. The van der Waals surface area contributed by atoms with Crippen LogP contribution in [0.4, 0.5) is 0 Å². The van der Waals surface area contributed by atoms with Gasteiger partial charge in [0.25, 0.3) is 0 Å². The van der Waals surface area contributed by atoms with Crippen LogP contribution in [0.2, 0.25) is 5.02 Å². The first-order valence-corrected chi connectivity index (χ1v) is 12.7. The number of halogens is 1. The molecule has 2 aromatic rings. The minimum absolute atomic E-state index is 0.0671. The molecule has 172 valence electrons. The molecule has 5 rings (SSSR count). The quantitative estimate of drug-likeness (QED) is 0.554. The molecule has 32 heavy (non-hydrogen) atoms. The average Bonchev–Trinajstić information content (AvgIpc) is 2.79. The van der Waals surface area contributed by atoms with E-state index in [2.05, 4.69) is 30.3 Å². The Morgan fingerprint density at radius 2 is 1.66 bits per heavy atom. The van der Waals surface area contributed by atoms with Gasteiger partial charge in [-0.1, -0.05) is 54.4 Å². The van der Waals surface area contributed by atoms with Gasteiger partial charge < -0.3 is 14.9 Å². The summed E-state index contributed by atoms with van der Waals surface area (Å²) >= 11 is 6.54. The second-order valence-electron chi connectivity index (χ2n) is 10.5. The molecule has 3 aliphatic rings. The molecule has 3 atom stereocenters. The van der Waals surface area contributed by atoms with E-state index >= 15 is 0 Å². The van der Waals surface area contributed by atoms with Crippen molar-refractivity contribution >= 4 is 11.6 Å². The maximum Gasteiger partial charge on any atom is 0.0854 e. The molecule has 1 aliphatic heterocycles. The van der Waals surface area contributed by atoms with Crippen molar-refractivity contribution in [2.24, 2.45) is 5.41 Å². The Kier molecular flexibility index (Phi) is 6.63. The van der Waals surface area contributed by atoms with E-state index in [4.69, 9.17) is 16.3 Å². The van der Waals surface area contributed by atoms with Gasteiger partial charge in [-0.15, -0.1) is 0 Å². The first kappa shape index (κ1) is 22.4. The van der Waals surface area contributed by atoms with Gasteiger partial charge in [-0.3, -0.25) is 0 Å². The van der Waals surface area contributed by atoms with Crippen molar-refractivity contribution in [1.82, 2.24) is 0 Å². The third kappa shape index (κ3) is 4.77. The fraction of sp³-hybridized carbons (Fsp3) is 0.571. The van der Waals surface area contributed by atoms with Crippen LogP contribution in [0.5, 0.6) is 0 Å². The van der Waals surface area contributed by atoms with Crippen molar-refractivity contribution in [3.63, 3.8) is 0 Å². The molecule has 0 aromatic heterocycles. The van der Waals surface area contributed by atoms with Crippen molar-refractivity contribution in [1.29, 1.82) is 0 Å². The van der Waals surface area contributed by atoms with Crippen LogP contribution in [0, 0.1) is 5.41 Å². The zero-order valence-corrected chi connectivity index (χ0v) is 19.6. The van der Waals surface area contributed by atoms with E-state index in [9.17, 15) is 10.2 Å². The summed E-state index contributed by atoms with van der Waals surface area (Å²) in [6.07, 6.45) is 10.7. The molecule has 1 spiro atoms. The predicted molar refractivity (Wildman–Crippen MR) is 128 cm³/mol. The van der Waals surface area contributed by atoms with Crippen LogP contribution in [0.25, 0.3) is 0 Å². The van der Waals surface area contributed by atoms with E-state index in [0.717, 1.165) is 28.5 Å². The number of aliphatic hydroxyl groups is 2. The number of ether oxygens (including phenoxy) is 1. The van der Waals surface area contributed by atoms with E-state index in [0.29, 0.717) is 18.3 Å². The fourth-order valence-corrected chi connectivity index (χ4v) is 6.31. The fourth-order valence-electron chi connectivity index (χ4n) is 6.12. The number of rotatable bonds is 5. The normalized spacial score (nSPS) is 27.9. The number of benzene rings is 2. The summed E-state index contributed by atoms with van der Waals surface area (Å²) in [5, 5.41) is 20.4. The standard InChI is InChI=1S/C28H35ClO3/c29-26-7-6-22(27-17-24(31)16-25(18-30)32-27)15-23(26)14-19-2-4-20(5-3-19)21-8-12-28(13-9-21)10-1-11-28/h2-7,15,21,24-25,27,30-31H,1,8-14,16-18H2. The van der Waals surface area contributed by atoms with E-state index in [-0.39, 0.29) is 18.8 Å². The highest BCUT2D eigenvalue weighted by Crippen LogP contribution is 2.54. The highest BCUT2D eigenvalue weighted by molar-refractivity contribution is 6.31. The monoisotopic (exact) mass is 454 g/mol. The van der Waals surface area contributed by atoms with Crippen molar-refractivity contribution in [3.8, 4) is 0 Å². The minimum atomic E-state index is -0.448. The van der Waals surface area contributed by atoms with Crippen LogP contribution in [0.1, 0.15) is 92.1 Å². The van der Waals surface area contributed by atoms with Gasteiger partial charge in [0.1, 0.15) is 0 Å². The largest absolute Gasteiger partial charge is 0.394 e. The highest BCUT2D eigenvalue weighted by Gasteiger charge is 2.40. The molecular formula is C28H35ClO3. The molecule has 3 nitrogen and oxygen atoms in total.